The van der Waals surface area contributed by atoms with E-state index < -0.39 is 22.7 Å². The Morgan fingerprint density at radius 1 is 1.00 bits per heavy atom. The van der Waals surface area contributed by atoms with Crippen LogP contribution in [0, 0.1) is 0 Å². The summed E-state index contributed by atoms with van der Waals surface area (Å²) in [7, 11) is -9.78. The van der Waals surface area contributed by atoms with Crippen molar-refractivity contribution in [3.8, 4) is 11.5 Å². The molecule has 1 atom stereocenters. The molecule has 7 nitrogen and oxygen atoms in total. The Labute approximate surface area is 303 Å². The van der Waals surface area contributed by atoms with E-state index in [4.69, 9.17) is 30.7 Å². The van der Waals surface area contributed by atoms with Gasteiger partial charge in [-0.1, -0.05) is 23.7 Å². The first kappa shape index (κ1) is 34.7. The monoisotopic (exact) mass is 540 g/mol. The summed E-state index contributed by atoms with van der Waals surface area (Å²) in [6.45, 7) is 0. The van der Waals surface area contributed by atoms with Crippen LogP contribution in [0.1, 0.15) is 18.4 Å². The Morgan fingerprint density at radius 3 is 2.10 bits per heavy atom. The van der Waals surface area contributed by atoms with Gasteiger partial charge >= 0.3 is 162 Å². The van der Waals surface area contributed by atoms with Gasteiger partial charge in [-0.25, -0.2) is 0 Å². The second kappa shape index (κ2) is 16.2. The molecule has 0 aliphatic heterocycles. The number of aryl methyl sites for hydroxylation is 1. The SMILES string of the molecule is O=P(O)(O)C(CCCc1cccc(Oc2ccc(Cl)cc2)c1)S(=O)(=O)O.[KH].[KH].[KH]. The van der Waals surface area contributed by atoms with Crippen molar-refractivity contribution < 1.29 is 32.1 Å². The van der Waals surface area contributed by atoms with Gasteiger partial charge in [-0.3, -0.25) is 9.12 Å². The molecule has 0 fully saturated rings. The van der Waals surface area contributed by atoms with Gasteiger partial charge in [0.25, 0.3) is 10.1 Å². The van der Waals surface area contributed by atoms with Gasteiger partial charge in [-0.05, 0) is 61.2 Å². The summed E-state index contributed by atoms with van der Waals surface area (Å²) in [4.78, 5) is 16.1. The van der Waals surface area contributed by atoms with Crippen LogP contribution in [-0.4, -0.2) is 182 Å². The third-order valence-electron chi connectivity index (χ3n) is 3.58. The van der Waals surface area contributed by atoms with Crippen molar-refractivity contribution in [3.63, 3.8) is 0 Å². The third-order valence-corrected chi connectivity index (χ3v) is 7.39. The molecule has 1 unspecified atom stereocenters. The maximum atomic E-state index is 11.2. The number of halogens is 1. The van der Waals surface area contributed by atoms with E-state index in [1.807, 2.05) is 0 Å². The number of rotatable bonds is 8. The molecule has 0 amide bonds. The first-order valence-electron chi connectivity index (χ1n) is 7.59. The molecule has 0 saturated carbocycles. The van der Waals surface area contributed by atoms with Crippen LogP contribution in [0.5, 0.6) is 11.5 Å². The van der Waals surface area contributed by atoms with Crippen molar-refractivity contribution in [2.75, 3.05) is 0 Å². The Balaban J connectivity index is 0. The quantitative estimate of drug-likeness (QED) is 0.265. The van der Waals surface area contributed by atoms with Crippen LogP contribution < -0.4 is 4.74 Å². The molecule has 0 bridgehead atoms. The van der Waals surface area contributed by atoms with Gasteiger partial charge < -0.3 is 14.5 Å². The zero-order chi connectivity index (χ0) is 19.4. The summed E-state index contributed by atoms with van der Waals surface area (Å²) in [6.07, 6.45) is 0.176. The van der Waals surface area contributed by atoms with Crippen molar-refractivity contribution in [2.45, 2.75) is 24.3 Å². The Kier molecular flexibility index (Phi) is 19.4. The van der Waals surface area contributed by atoms with Crippen molar-refractivity contribution >= 4 is 183 Å². The first-order chi connectivity index (χ1) is 12.1. The summed E-state index contributed by atoms with van der Waals surface area (Å²) in [5.41, 5.74) is 0.802. The Hall–Kier alpha value is 3.50. The third kappa shape index (κ3) is 13.2. The summed E-state index contributed by atoms with van der Waals surface area (Å²) in [5.74, 6) is 1.16. The van der Waals surface area contributed by atoms with Gasteiger partial charge in [0.05, 0.1) is 0 Å². The predicted octanol–water partition coefficient (Wildman–Crippen LogP) is 1.90. The van der Waals surface area contributed by atoms with Crippen LogP contribution in [0.15, 0.2) is 48.5 Å². The van der Waals surface area contributed by atoms with Crippen molar-refractivity contribution in [1.29, 1.82) is 0 Å². The van der Waals surface area contributed by atoms with Crippen LogP contribution in [-0.2, 0) is 21.1 Å². The van der Waals surface area contributed by atoms with E-state index in [1.54, 1.807) is 48.5 Å². The van der Waals surface area contributed by atoms with Crippen LogP contribution in [0.3, 0.4) is 0 Å². The molecule has 29 heavy (non-hydrogen) atoms. The zero-order valence-electron chi connectivity index (χ0n) is 13.5. The topological polar surface area (TPSA) is 121 Å². The molecule has 0 heterocycles. The molecule has 2 rings (SSSR count). The number of hydrogen-bond acceptors (Lipinski definition) is 4. The number of ether oxygens (including phenoxy) is 1. The average Bonchev–Trinajstić information content (AvgIpc) is 2.52. The van der Waals surface area contributed by atoms with Crippen molar-refractivity contribution in [2.24, 2.45) is 0 Å². The summed E-state index contributed by atoms with van der Waals surface area (Å²) >= 11 is 5.81. The number of benzene rings is 2. The van der Waals surface area contributed by atoms with E-state index in [1.165, 1.54) is 0 Å². The minimum absolute atomic E-state index is 0. The molecular weight excluding hydrogens is 520 g/mol. The molecule has 0 radical (unpaired) electrons. The van der Waals surface area contributed by atoms with Crippen LogP contribution in [0.2, 0.25) is 5.02 Å². The normalized spacial score (nSPS) is 12.0. The second-order valence-corrected chi connectivity index (χ2v) is 9.84. The average molecular weight is 541 g/mol. The fourth-order valence-corrected chi connectivity index (χ4v) is 4.87. The van der Waals surface area contributed by atoms with Gasteiger partial charge in [-0.15, -0.1) is 0 Å². The molecule has 148 valence electrons. The van der Waals surface area contributed by atoms with Gasteiger partial charge in [0, 0.05) is 5.02 Å². The molecule has 0 aromatic heterocycles. The van der Waals surface area contributed by atoms with Crippen molar-refractivity contribution in [3.05, 3.63) is 59.1 Å². The predicted molar refractivity (Wildman–Crippen MR) is 120 cm³/mol. The van der Waals surface area contributed by atoms with Crippen LogP contribution in [0.4, 0.5) is 0 Å². The molecule has 3 N–H and O–H groups in total. The van der Waals surface area contributed by atoms with Gasteiger partial charge in [0.2, 0.25) is 0 Å². The van der Waals surface area contributed by atoms with Gasteiger partial charge in [0.15, 0.2) is 4.99 Å². The Morgan fingerprint density at radius 2 is 1.59 bits per heavy atom. The van der Waals surface area contributed by atoms with E-state index in [2.05, 4.69) is 0 Å². The second-order valence-electron chi connectivity index (χ2n) is 5.65. The maximum absolute atomic E-state index is 11.2. The van der Waals surface area contributed by atoms with Crippen LogP contribution in [0.25, 0.3) is 0 Å². The van der Waals surface area contributed by atoms with Gasteiger partial charge in [0.1, 0.15) is 11.5 Å². The van der Waals surface area contributed by atoms with E-state index in [9.17, 15) is 13.0 Å². The van der Waals surface area contributed by atoms with E-state index in [-0.39, 0.29) is 167 Å². The van der Waals surface area contributed by atoms with Crippen LogP contribution >= 0.6 is 19.2 Å². The molecule has 0 aliphatic rings. The van der Waals surface area contributed by atoms with E-state index in [0.717, 1.165) is 5.56 Å². The van der Waals surface area contributed by atoms with Crippen molar-refractivity contribution in [1.82, 2.24) is 0 Å². The molecule has 2 aromatic carbocycles. The molecule has 0 spiro atoms. The first-order valence-corrected chi connectivity index (χ1v) is 11.2. The molecule has 0 saturated heterocycles. The van der Waals surface area contributed by atoms with E-state index in [0.29, 0.717) is 22.9 Å². The molecule has 13 heteroatoms. The number of hydrogen-bond donors (Lipinski definition) is 3. The fourth-order valence-electron chi connectivity index (χ4n) is 2.37. The molecule has 0 aliphatic carbocycles. The van der Waals surface area contributed by atoms with Gasteiger partial charge in [-0.2, -0.15) is 8.42 Å². The standard InChI is InChI=1S/C16H18ClO7PS.3K.3H/c17-13-7-9-14(10-8-13)24-15-5-1-3-12(11-15)4-2-6-16(25(18,19)20)26(21,22)23;;;;;;/h1,3,5,7-11,16H,2,4,6H2,(H2,18,19,20)(H,21,22,23);;;;;;. The zero-order valence-corrected chi connectivity index (χ0v) is 16.0. The Bertz CT molecular complexity index is 907. The summed E-state index contributed by atoms with van der Waals surface area (Å²) in [6, 6.07) is 13.8. The summed E-state index contributed by atoms with van der Waals surface area (Å²) in [5, 5.41) is 0.588. The van der Waals surface area contributed by atoms with E-state index >= 15 is 0 Å². The molecular formula is C16H21ClK3O7PS. The summed E-state index contributed by atoms with van der Waals surface area (Å²) < 4.78 is 48.2. The fraction of sp³-hybridized carbons (Fsp3) is 0.250. The molecule has 2 aromatic rings. The minimum atomic E-state index is -4.95.